The van der Waals surface area contributed by atoms with Gasteiger partial charge in [-0.05, 0) is 475 Å². The molecule has 18 nitrogen and oxygen atoms in total. The predicted molar refractivity (Wildman–Crippen MR) is 592 cm³/mol. The second-order valence-corrected chi connectivity index (χ2v) is 50.6. The number of carbonyl (C=O) groups excluding carboxylic acids is 9. The molecule has 14 aliphatic rings. The minimum Gasteiger partial charge on any atom is -0.457 e. The zero-order chi connectivity index (χ0) is 108. The Morgan fingerprint density at radius 3 is 0.832 bits per heavy atom. The van der Waals surface area contributed by atoms with Crippen LogP contribution in [0.1, 0.15) is 510 Å². The Labute approximate surface area is 895 Å². The highest BCUT2D eigenvalue weighted by atomic mass is 16.6. The van der Waals surface area contributed by atoms with E-state index in [2.05, 4.69) is 147 Å². The summed E-state index contributed by atoms with van der Waals surface area (Å²) in [4.78, 5) is 111. The van der Waals surface area contributed by atoms with Crippen LogP contribution in [0.3, 0.4) is 0 Å². The molecule has 20 rings (SSSR count). The second kappa shape index (κ2) is 51.5. The monoisotopic (exact) mass is 2050 g/mol. The largest absolute Gasteiger partial charge is 0.457 e. The van der Waals surface area contributed by atoms with Gasteiger partial charge in [0.05, 0.1) is 33.4 Å². The molecule has 6 unspecified atom stereocenters. The van der Waals surface area contributed by atoms with E-state index in [0.717, 1.165) is 112 Å². The van der Waals surface area contributed by atoms with Crippen molar-refractivity contribution in [3.8, 4) is 0 Å². The number of hydrogen-bond acceptors (Lipinski definition) is 18. The number of benzene rings is 6. The lowest BCUT2D eigenvalue weighted by Crippen LogP contribution is -2.59. The molecule has 0 aromatic heterocycles. The standard InChI is InChI=1S/C24H34O2.C23H32O2.C22H32O4.C22H30O2.C21H30O4.C19H28O4/c1-5-16(2)20-6-8-21(9-7-20)22(25)26-23(3,4)24-13-17-10-18(14-24)12-19(11-17)15-24;1-4-15(3)18-6-8-19(9-7-18)22(24)25-23(5-2)20-11-16-10-17(13-20)14-21(23)12-16;1-5-16(2)17-11-13-18(14-12-17)21(24)25-15-20(23)26-22(3,4)19-9-7-6-8-10-19;1-4-14(2)17-5-7-18(8-6-17)21(23)24-22(3)19-10-15-9-16(12-19)13-20(22)11-15;1-5-15(2)16-10-12-17(13-11-16)20(23)24-14-19(22)25-21(3,4)18-8-6-7-9-18;1-8-13(2)14-9-11-15(12-10-14)16(20)22-19(6,7)17(21)23-18(3,4)5/h6-9,16-19H,5,10-15H2,1-4H3;6-9,15-17,20-21H,4-5,10-14H2,1-3H3;11-14,16,19H,5-10,15H2,1-4H3;5-8,14-16,19-20H,4,9-13H2,1-3H3;10-13,15,18H,5-9,14H2,1-4H3;9-13H,8H2,1-7H3. The van der Waals surface area contributed by atoms with E-state index in [9.17, 15) is 43.2 Å². The van der Waals surface area contributed by atoms with E-state index in [1.54, 1.807) is 57.2 Å². The fraction of sp³-hybridized carbons (Fsp3) is 0.656. The third kappa shape index (κ3) is 30.4. The number of ether oxygens (including phenoxy) is 9. The molecule has 0 heterocycles. The number of esters is 9. The summed E-state index contributed by atoms with van der Waals surface area (Å²) in [6, 6.07) is 46.3. The van der Waals surface area contributed by atoms with Crippen LogP contribution in [0.4, 0.5) is 0 Å². The van der Waals surface area contributed by atoms with E-state index in [1.807, 2.05) is 100 Å². The van der Waals surface area contributed by atoms with Gasteiger partial charge in [-0.3, -0.25) is 0 Å². The van der Waals surface area contributed by atoms with Crippen LogP contribution < -0.4 is 0 Å². The van der Waals surface area contributed by atoms with Gasteiger partial charge in [0, 0.05) is 5.41 Å². The van der Waals surface area contributed by atoms with Gasteiger partial charge in [-0.2, -0.15) is 0 Å². The molecule has 149 heavy (non-hydrogen) atoms. The lowest BCUT2D eigenvalue weighted by atomic mass is 9.46. The summed E-state index contributed by atoms with van der Waals surface area (Å²) < 4.78 is 50.8. The molecule has 14 saturated carbocycles. The maximum absolute atomic E-state index is 12.9. The molecular formula is C131H186O18. The van der Waals surface area contributed by atoms with Crippen molar-refractivity contribution < 1.29 is 85.8 Å². The Kier molecular flexibility index (Phi) is 40.9. The van der Waals surface area contributed by atoms with Crippen LogP contribution in [0, 0.1) is 82.3 Å². The van der Waals surface area contributed by atoms with E-state index in [0.29, 0.717) is 104 Å². The first kappa shape index (κ1) is 118. The number of carbonyl (C=O) groups is 9. The maximum atomic E-state index is 12.9. The summed E-state index contributed by atoms with van der Waals surface area (Å²) in [5, 5.41) is 0. The van der Waals surface area contributed by atoms with E-state index in [1.165, 1.54) is 182 Å². The molecule has 0 amide bonds. The first-order chi connectivity index (χ1) is 70.5. The summed E-state index contributed by atoms with van der Waals surface area (Å²) in [5.74, 6) is 8.86. The van der Waals surface area contributed by atoms with Crippen LogP contribution >= 0.6 is 0 Å². The van der Waals surface area contributed by atoms with Gasteiger partial charge < -0.3 is 42.6 Å². The average Bonchev–Trinajstić information content (AvgIpc) is 0.757. The third-order valence-electron chi connectivity index (χ3n) is 37.6. The van der Waals surface area contributed by atoms with Gasteiger partial charge in [0.25, 0.3) is 0 Å². The molecule has 818 valence electrons. The first-order valence-electron chi connectivity index (χ1n) is 58.0. The van der Waals surface area contributed by atoms with Crippen molar-refractivity contribution >= 4 is 53.7 Å². The summed E-state index contributed by atoms with van der Waals surface area (Å²) in [5.41, 5.74) is 7.32. The van der Waals surface area contributed by atoms with Crippen molar-refractivity contribution in [2.75, 3.05) is 13.2 Å². The summed E-state index contributed by atoms with van der Waals surface area (Å²) in [7, 11) is 0. The van der Waals surface area contributed by atoms with Gasteiger partial charge in [-0.25, -0.2) is 43.2 Å². The van der Waals surface area contributed by atoms with Gasteiger partial charge in [0.1, 0.15) is 33.6 Å². The molecule has 6 aromatic carbocycles. The lowest BCUT2D eigenvalue weighted by molar-refractivity contribution is -0.176. The topological polar surface area (TPSA) is 237 Å². The predicted octanol–water partition coefficient (Wildman–Crippen LogP) is 32.5. The molecule has 14 aliphatic carbocycles. The van der Waals surface area contributed by atoms with Gasteiger partial charge in [0.2, 0.25) is 5.60 Å². The van der Waals surface area contributed by atoms with Crippen molar-refractivity contribution in [1.82, 2.24) is 0 Å². The van der Waals surface area contributed by atoms with Gasteiger partial charge >= 0.3 is 53.7 Å². The van der Waals surface area contributed by atoms with Crippen molar-refractivity contribution in [1.29, 1.82) is 0 Å². The van der Waals surface area contributed by atoms with Crippen molar-refractivity contribution in [2.45, 2.75) is 453 Å². The Bertz CT molecular complexity index is 5270. The van der Waals surface area contributed by atoms with Gasteiger partial charge in [0.15, 0.2) is 13.2 Å². The Balaban J connectivity index is 0.000000159. The van der Waals surface area contributed by atoms with Crippen molar-refractivity contribution in [3.63, 3.8) is 0 Å². The van der Waals surface area contributed by atoms with E-state index < -0.39 is 58.2 Å². The molecule has 0 radical (unpaired) electrons. The number of rotatable bonds is 33. The highest BCUT2D eigenvalue weighted by molar-refractivity contribution is 5.94. The zero-order valence-electron chi connectivity index (χ0n) is 95.7. The van der Waals surface area contributed by atoms with E-state index >= 15 is 0 Å². The second-order valence-electron chi connectivity index (χ2n) is 50.6. The average molecular weight is 2050 g/mol. The van der Waals surface area contributed by atoms with Gasteiger partial charge in [-0.15, -0.1) is 0 Å². The van der Waals surface area contributed by atoms with Crippen molar-refractivity contribution in [3.05, 3.63) is 212 Å². The normalized spacial score (nSPS) is 26.0. The zero-order valence-corrected chi connectivity index (χ0v) is 95.7. The van der Waals surface area contributed by atoms with Crippen LogP contribution in [0.25, 0.3) is 0 Å². The Morgan fingerprint density at radius 2 is 0.550 bits per heavy atom. The van der Waals surface area contributed by atoms with E-state index in [-0.39, 0.29) is 53.3 Å². The van der Waals surface area contributed by atoms with Crippen LogP contribution in [0.15, 0.2) is 146 Å². The third-order valence-corrected chi connectivity index (χ3v) is 37.6. The lowest BCUT2D eigenvalue weighted by Gasteiger charge is -2.61. The molecule has 6 atom stereocenters. The van der Waals surface area contributed by atoms with Crippen LogP contribution in [-0.2, 0) is 57.0 Å². The Morgan fingerprint density at radius 1 is 0.295 bits per heavy atom. The molecule has 0 aliphatic heterocycles. The SMILES string of the molecule is CCC(C)c1ccc(C(=O)OC(C)(C)C(=O)OC(C)(C)C)cc1.CCC(C)c1ccc(C(=O)OC(C)(C)C23CC4CC(CC(C4)C2)C3)cc1.CCC(C)c1ccc(C(=O)OC2(C)C3CC4CC(C3)CC2C4)cc1.CCC(C)c1ccc(C(=O)OC2(CC)C3CC4CC(C3)CC2C4)cc1.CCC(C)c1ccc(C(=O)OCC(=O)OC(C)(C)C2CCCC2)cc1.CCC(C)c1ccc(C(=O)OCC(=O)OC(C)(C)C2CCCCC2)cc1. The van der Waals surface area contributed by atoms with E-state index in [4.69, 9.17) is 42.6 Å². The minimum absolute atomic E-state index is 0.106. The molecule has 12 bridgehead atoms. The molecular weight excluding hydrogens is 1860 g/mol. The maximum Gasteiger partial charge on any atom is 0.350 e. The fourth-order valence-corrected chi connectivity index (χ4v) is 27.3. The van der Waals surface area contributed by atoms with Crippen molar-refractivity contribution in [2.24, 2.45) is 82.3 Å². The fourth-order valence-electron chi connectivity index (χ4n) is 27.3. The van der Waals surface area contributed by atoms with Crippen LogP contribution in [-0.4, -0.2) is 106 Å². The molecule has 6 aromatic rings. The Hall–Kier alpha value is -9.45. The highest BCUT2D eigenvalue weighted by Crippen LogP contribution is 2.66. The molecule has 0 saturated heterocycles. The molecule has 0 spiro atoms. The molecule has 18 heteroatoms. The summed E-state index contributed by atoms with van der Waals surface area (Å²) >= 11 is 0. The highest BCUT2D eigenvalue weighted by Gasteiger charge is 2.62. The smallest absolute Gasteiger partial charge is 0.350 e. The van der Waals surface area contributed by atoms with Crippen LogP contribution in [0.2, 0.25) is 0 Å². The first-order valence-corrected chi connectivity index (χ1v) is 58.0. The number of hydrogen-bond donors (Lipinski definition) is 0. The molecule has 14 fully saturated rings. The van der Waals surface area contributed by atoms with Gasteiger partial charge in [-0.1, -0.05) is 195 Å². The summed E-state index contributed by atoms with van der Waals surface area (Å²) in [6.07, 6.45) is 38.9. The minimum atomic E-state index is -1.33. The summed E-state index contributed by atoms with van der Waals surface area (Å²) in [6.45, 7) is 50.4. The molecule has 0 N–H and O–H groups in total. The van der Waals surface area contributed by atoms with Crippen LogP contribution in [0.5, 0.6) is 0 Å². The quantitative estimate of drug-likeness (QED) is 0.0275.